The molecule has 1 aromatic carbocycles. The third kappa shape index (κ3) is 1.54. The number of hydrogen-bond acceptors (Lipinski definition) is 2. The van der Waals surface area contributed by atoms with Crippen molar-refractivity contribution in [3.05, 3.63) is 36.0 Å². The first-order valence-electron chi connectivity index (χ1n) is 4.11. The SMILES string of the molecule is CC1=CC(=O)Nc2ccccc2N1. The zero-order chi connectivity index (χ0) is 9.26. The summed E-state index contributed by atoms with van der Waals surface area (Å²) in [5.74, 6) is -0.0880. The van der Waals surface area contributed by atoms with Crippen molar-refractivity contribution < 1.29 is 4.79 Å². The Bertz CT molecular complexity index is 382. The first-order valence-corrected chi connectivity index (χ1v) is 4.11. The van der Waals surface area contributed by atoms with Crippen molar-refractivity contribution >= 4 is 17.3 Å². The Morgan fingerprint density at radius 1 is 1.08 bits per heavy atom. The van der Waals surface area contributed by atoms with E-state index >= 15 is 0 Å². The van der Waals surface area contributed by atoms with Crippen LogP contribution in [0.2, 0.25) is 0 Å². The minimum atomic E-state index is -0.0880. The number of anilines is 2. The van der Waals surface area contributed by atoms with Crippen molar-refractivity contribution in [3.8, 4) is 0 Å². The molecule has 3 heteroatoms. The fourth-order valence-corrected chi connectivity index (χ4v) is 1.32. The van der Waals surface area contributed by atoms with Gasteiger partial charge in [-0.1, -0.05) is 12.1 Å². The summed E-state index contributed by atoms with van der Waals surface area (Å²) in [4.78, 5) is 11.2. The molecule has 1 heterocycles. The molecule has 2 N–H and O–H groups in total. The lowest BCUT2D eigenvalue weighted by Crippen LogP contribution is -2.06. The van der Waals surface area contributed by atoms with Crippen LogP contribution in [0.5, 0.6) is 0 Å². The number of para-hydroxylation sites is 2. The van der Waals surface area contributed by atoms with E-state index in [0.717, 1.165) is 17.1 Å². The van der Waals surface area contributed by atoms with E-state index < -0.39 is 0 Å². The average Bonchev–Trinajstić information content (AvgIpc) is 2.20. The van der Waals surface area contributed by atoms with Gasteiger partial charge in [0, 0.05) is 11.8 Å². The van der Waals surface area contributed by atoms with Gasteiger partial charge >= 0.3 is 0 Å². The molecular weight excluding hydrogens is 164 g/mol. The second-order valence-electron chi connectivity index (χ2n) is 2.99. The molecule has 0 saturated heterocycles. The second kappa shape index (κ2) is 2.94. The van der Waals surface area contributed by atoms with E-state index in [2.05, 4.69) is 10.6 Å². The normalized spacial score (nSPS) is 14.8. The van der Waals surface area contributed by atoms with Crippen LogP contribution < -0.4 is 10.6 Å². The Morgan fingerprint density at radius 3 is 2.38 bits per heavy atom. The highest BCUT2D eigenvalue weighted by Gasteiger charge is 2.09. The highest BCUT2D eigenvalue weighted by molar-refractivity contribution is 6.03. The first kappa shape index (κ1) is 7.86. The second-order valence-corrected chi connectivity index (χ2v) is 2.99. The first-order chi connectivity index (χ1) is 6.25. The maximum absolute atomic E-state index is 11.2. The summed E-state index contributed by atoms with van der Waals surface area (Å²) in [6.45, 7) is 1.86. The topological polar surface area (TPSA) is 41.1 Å². The van der Waals surface area contributed by atoms with E-state index in [1.54, 1.807) is 6.08 Å². The molecule has 0 aromatic heterocycles. The van der Waals surface area contributed by atoms with Crippen molar-refractivity contribution in [1.29, 1.82) is 0 Å². The molecule has 13 heavy (non-hydrogen) atoms. The Morgan fingerprint density at radius 2 is 1.69 bits per heavy atom. The molecule has 0 unspecified atom stereocenters. The van der Waals surface area contributed by atoms with Gasteiger partial charge in [0.2, 0.25) is 5.91 Å². The third-order valence-corrected chi connectivity index (χ3v) is 1.86. The lowest BCUT2D eigenvalue weighted by molar-refractivity contribution is -0.111. The minimum absolute atomic E-state index is 0.0880. The van der Waals surface area contributed by atoms with Gasteiger partial charge < -0.3 is 10.6 Å². The summed E-state index contributed by atoms with van der Waals surface area (Å²) >= 11 is 0. The predicted molar refractivity (Wildman–Crippen MR) is 52.5 cm³/mol. The highest BCUT2D eigenvalue weighted by atomic mass is 16.1. The van der Waals surface area contributed by atoms with Crippen molar-refractivity contribution in [2.75, 3.05) is 10.6 Å². The van der Waals surface area contributed by atoms with Gasteiger partial charge in [-0.2, -0.15) is 0 Å². The summed E-state index contributed by atoms with van der Waals surface area (Å²) in [7, 11) is 0. The maximum Gasteiger partial charge on any atom is 0.250 e. The van der Waals surface area contributed by atoms with E-state index in [0.29, 0.717) is 0 Å². The molecule has 1 aliphatic rings. The van der Waals surface area contributed by atoms with E-state index in [4.69, 9.17) is 0 Å². The Kier molecular flexibility index (Phi) is 1.77. The van der Waals surface area contributed by atoms with E-state index in [-0.39, 0.29) is 5.91 Å². The van der Waals surface area contributed by atoms with Gasteiger partial charge in [-0.15, -0.1) is 0 Å². The molecule has 1 amide bonds. The Labute approximate surface area is 76.5 Å². The third-order valence-electron chi connectivity index (χ3n) is 1.86. The maximum atomic E-state index is 11.2. The number of carbonyl (C=O) groups excluding carboxylic acids is 1. The summed E-state index contributed by atoms with van der Waals surface area (Å²) < 4.78 is 0. The quantitative estimate of drug-likeness (QED) is 0.631. The van der Waals surface area contributed by atoms with Crippen LogP contribution in [0.3, 0.4) is 0 Å². The predicted octanol–water partition coefficient (Wildman–Crippen LogP) is 1.95. The van der Waals surface area contributed by atoms with E-state index in [1.165, 1.54) is 0 Å². The number of amides is 1. The number of benzene rings is 1. The molecule has 0 aliphatic carbocycles. The van der Waals surface area contributed by atoms with Crippen LogP contribution >= 0.6 is 0 Å². The molecule has 66 valence electrons. The number of rotatable bonds is 0. The average molecular weight is 174 g/mol. The number of allylic oxidation sites excluding steroid dienone is 1. The summed E-state index contributed by atoms with van der Waals surface area (Å²) in [6.07, 6.45) is 1.54. The molecule has 1 aromatic rings. The van der Waals surface area contributed by atoms with Gasteiger partial charge in [-0.25, -0.2) is 0 Å². The smallest absolute Gasteiger partial charge is 0.250 e. The largest absolute Gasteiger partial charge is 0.357 e. The van der Waals surface area contributed by atoms with Crippen molar-refractivity contribution in [2.45, 2.75) is 6.92 Å². The lowest BCUT2D eigenvalue weighted by Gasteiger charge is -2.07. The lowest BCUT2D eigenvalue weighted by atomic mass is 10.2. The van der Waals surface area contributed by atoms with Crippen molar-refractivity contribution in [3.63, 3.8) is 0 Å². The highest BCUT2D eigenvalue weighted by Crippen LogP contribution is 2.24. The standard InChI is InChI=1S/C10H10N2O/c1-7-6-10(13)12-9-5-3-2-4-8(9)11-7/h2-6,11H,1H3,(H,12,13). The molecule has 1 aliphatic heterocycles. The molecule has 0 saturated carbocycles. The van der Waals surface area contributed by atoms with Gasteiger partial charge in [0.15, 0.2) is 0 Å². The van der Waals surface area contributed by atoms with Gasteiger partial charge in [0.05, 0.1) is 11.4 Å². The summed E-state index contributed by atoms with van der Waals surface area (Å²) in [5, 5.41) is 5.91. The fraction of sp³-hybridized carbons (Fsp3) is 0.100. The Hall–Kier alpha value is -1.77. The molecule has 2 rings (SSSR count). The van der Waals surface area contributed by atoms with Crippen LogP contribution in [-0.4, -0.2) is 5.91 Å². The van der Waals surface area contributed by atoms with Crippen LogP contribution in [0, 0.1) is 0 Å². The van der Waals surface area contributed by atoms with Gasteiger partial charge in [0.1, 0.15) is 0 Å². The molecule has 0 fully saturated rings. The molecule has 0 spiro atoms. The minimum Gasteiger partial charge on any atom is -0.357 e. The molecule has 0 radical (unpaired) electrons. The zero-order valence-electron chi connectivity index (χ0n) is 7.29. The van der Waals surface area contributed by atoms with Crippen LogP contribution in [-0.2, 0) is 4.79 Å². The molecule has 0 atom stereocenters. The Balaban J connectivity index is 2.46. The number of nitrogens with one attached hydrogen (secondary N) is 2. The monoisotopic (exact) mass is 174 g/mol. The van der Waals surface area contributed by atoms with Gasteiger partial charge in [-0.3, -0.25) is 4.79 Å². The van der Waals surface area contributed by atoms with Crippen molar-refractivity contribution in [2.24, 2.45) is 0 Å². The summed E-state index contributed by atoms with van der Waals surface area (Å²) in [5.41, 5.74) is 2.60. The van der Waals surface area contributed by atoms with Crippen LogP contribution in [0.1, 0.15) is 6.92 Å². The zero-order valence-corrected chi connectivity index (χ0v) is 7.29. The van der Waals surface area contributed by atoms with Crippen molar-refractivity contribution in [1.82, 2.24) is 0 Å². The van der Waals surface area contributed by atoms with Gasteiger partial charge in [0.25, 0.3) is 0 Å². The number of fused-ring (bicyclic) bond motifs is 1. The van der Waals surface area contributed by atoms with Gasteiger partial charge in [-0.05, 0) is 19.1 Å². The van der Waals surface area contributed by atoms with E-state index in [1.807, 2.05) is 31.2 Å². The van der Waals surface area contributed by atoms with Crippen LogP contribution in [0.25, 0.3) is 0 Å². The van der Waals surface area contributed by atoms with E-state index in [9.17, 15) is 4.79 Å². The molecule has 0 bridgehead atoms. The molecular formula is C10H10N2O. The molecule has 3 nitrogen and oxygen atoms in total. The fourth-order valence-electron chi connectivity index (χ4n) is 1.32. The number of hydrogen-bond donors (Lipinski definition) is 2. The van der Waals surface area contributed by atoms with Crippen LogP contribution in [0.4, 0.5) is 11.4 Å². The number of carbonyl (C=O) groups is 1. The summed E-state index contributed by atoms with van der Waals surface area (Å²) in [6, 6.07) is 7.61. The van der Waals surface area contributed by atoms with Crippen LogP contribution in [0.15, 0.2) is 36.0 Å².